The summed E-state index contributed by atoms with van der Waals surface area (Å²) in [5, 5.41) is 10.2. The SMILES string of the molecule is N#Cc1c(N)nc2sc(C(=O)N3CCN(Cc4ccccc4)CC3)c(N)c2c1-c1ccco1. The molecule has 0 radical (unpaired) electrons. The van der Waals surface area contributed by atoms with Crippen LogP contribution in [0.5, 0.6) is 0 Å². The van der Waals surface area contributed by atoms with Gasteiger partial charge in [-0.2, -0.15) is 5.26 Å². The van der Waals surface area contributed by atoms with Crippen molar-refractivity contribution < 1.29 is 9.21 Å². The van der Waals surface area contributed by atoms with Gasteiger partial charge in [-0.15, -0.1) is 11.3 Å². The van der Waals surface area contributed by atoms with Crippen molar-refractivity contribution in [2.24, 2.45) is 0 Å². The number of piperazine rings is 1. The number of nitrogens with zero attached hydrogens (tertiary/aromatic N) is 4. The van der Waals surface area contributed by atoms with Gasteiger partial charge in [-0.05, 0) is 17.7 Å². The van der Waals surface area contributed by atoms with Crippen LogP contribution in [-0.2, 0) is 6.54 Å². The van der Waals surface area contributed by atoms with Gasteiger partial charge in [0.2, 0.25) is 0 Å². The van der Waals surface area contributed by atoms with Crippen molar-refractivity contribution in [3.05, 3.63) is 64.7 Å². The normalized spacial score (nSPS) is 14.5. The minimum atomic E-state index is -0.127. The predicted octanol–water partition coefficient (Wildman–Crippen LogP) is 3.55. The summed E-state index contributed by atoms with van der Waals surface area (Å²) < 4.78 is 5.54. The minimum Gasteiger partial charge on any atom is -0.464 e. The van der Waals surface area contributed by atoms with Gasteiger partial charge in [0.25, 0.3) is 5.91 Å². The predicted molar refractivity (Wildman–Crippen MR) is 128 cm³/mol. The highest BCUT2D eigenvalue weighted by Crippen LogP contribution is 2.43. The van der Waals surface area contributed by atoms with Gasteiger partial charge in [0.05, 0.1) is 17.5 Å². The number of hydrogen-bond donors (Lipinski definition) is 2. The summed E-state index contributed by atoms with van der Waals surface area (Å²) in [6, 6.07) is 15.9. The Labute approximate surface area is 194 Å². The van der Waals surface area contributed by atoms with E-state index in [1.165, 1.54) is 23.2 Å². The van der Waals surface area contributed by atoms with Crippen molar-refractivity contribution in [2.75, 3.05) is 37.6 Å². The van der Waals surface area contributed by atoms with Crippen molar-refractivity contribution in [1.29, 1.82) is 5.26 Å². The third-order valence-electron chi connectivity index (χ3n) is 5.89. The van der Waals surface area contributed by atoms with E-state index in [9.17, 15) is 10.1 Å². The van der Waals surface area contributed by atoms with Crippen LogP contribution in [-0.4, -0.2) is 46.9 Å². The highest BCUT2D eigenvalue weighted by molar-refractivity contribution is 7.21. The van der Waals surface area contributed by atoms with Crippen LogP contribution in [0.2, 0.25) is 0 Å². The fraction of sp³-hybridized carbons (Fsp3) is 0.208. The number of fused-ring (bicyclic) bond motifs is 1. The molecule has 3 aromatic heterocycles. The number of rotatable bonds is 4. The topological polar surface area (TPSA) is 125 Å². The number of nitriles is 1. The third-order valence-corrected chi connectivity index (χ3v) is 6.97. The Morgan fingerprint density at radius 3 is 2.55 bits per heavy atom. The average molecular weight is 459 g/mol. The van der Waals surface area contributed by atoms with E-state index in [-0.39, 0.29) is 17.3 Å². The molecule has 1 aliphatic heterocycles. The van der Waals surface area contributed by atoms with Gasteiger partial charge in [0, 0.05) is 38.1 Å². The first-order valence-electron chi connectivity index (χ1n) is 10.6. The highest BCUT2D eigenvalue weighted by Gasteiger charge is 2.29. The fourth-order valence-electron chi connectivity index (χ4n) is 4.20. The molecule has 1 fully saturated rings. The maximum absolute atomic E-state index is 13.4. The zero-order valence-electron chi connectivity index (χ0n) is 17.8. The molecule has 166 valence electrons. The van der Waals surface area contributed by atoms with Crippen LogP contribution < -0.4 is 11.5 Å². The molecule has 1 saturated heterocycles. The van der Waals surface area contributed by atoms with E-state index >= 15 is 0 Å². The second kappa shape index (κ2) is 8.58. The summed E-state index contributed by atoms with van der Waals surface area (Å²) in [6.07, 6.45) is 1.52. The number of benzene rings is 1. The standard InChI is InChI=1S/C24H22N6O2S/c25-13-16-18(17-7-4-12-32-17)19-20(26)21(33-23(19)28-22(16)27)24(31)30-10-8-29(9-11-30)14-15-5-2-1-3-6-15/h1-7,12H,8-11,14,26H2,(H2,27,28). The summed E-state index contributed by atoms with van der Waals surface area (Å²) in [7, 11) is 0. The molecule has 0 spiro atoms. The van der Waals surface area contributed by atoms with Crippen molar-refractivity contribution in [3.63, 3.8) is 0 Å². The van der Waals surface area contributed by atoms with Gasteiger partial charge < -0.3 is 20.8 Å². The first-order chi connectivity index (χ1) is 16.1. The first-order valence-corrected chi connectivity index (χ1v) is 11.4. The summed E-state index contributed by atoms with van der Waals surface area (Å²) in [5.41, 5.74) is 14.8. The molecule has 4 N–H and O–H groups in total. The van der Waals surface area contributed by atoms with Gasteiger partial charge >= 0.3 is 0 Å². The Morgan fingerprint density at radius 1 is 1.12 bits per heavy atom. The lowest BCUT2D eigenvalue weighted by Crippen LogP contribution is -2.48. The highest BCUT2D eigenvalue weighted by atomic mass is 32.1. The Hall–Kier alpha value is -3.87. The smallest absolute Gasteiger partial charge is 0.266 e. The van der Waals surface area contributed by atoms with Crippen molar-refractivity contribution in [2.45, 2.75) is 6.54 Å². The second-order valence-corrected chi connectivity index (χ2v) is 8.91. The number of anilines is 2. The Balaban J connectivity index is 1.43. The average Bonchev–Trinajstić information content (AvgIpc) is 3.47. The number of aromatic nitrogens is 1. The quantitative estimate of drug-likeness (QED) is 0.479. The van der Waals surface area contributed by atoms with Gasteiger partial charge in [-0.25, -0.2) is 4.98 Å². The summed E-state index contributed by atoms with van der Waals surface area (Å²) in [4.78, 5) is 22.8. The molecule has 33 heavy (non-hydrogen) atoms. The van der Waals surface area contributed by atoms with Crippen molar-refractivity contribution in [3.8, 4) is 17.4 Å². The van der Waals surface area contributed by atoms with Gasteiger partial charge in [0.15, 0.2) is 0 Å². The molecular weight excluding hydrogens is 436 g/mol. The molecule has 1 aromatic carbocycles. The molecule has 8 nitrogen and oxygen atoms in total. The molecule has 0 aliphatic carbocycles. The van der Waals surface area contributed by atoms with Crippen LogP contribution in [0.15, 0.2) is 53.1 Å². The Bertz CT molecular complexity index is 1350. The number of carbonyl (C=O) groups excluding carboxylic acids is 1. The number of nitrogens with two attached hydrogens (primary N) is 2. The van der Waals surface area contributed by atoms with E-state index in [1.807, 2.05) is 23.1 Å². The largest absolute Gasteiger partial charge is 0.464 e. The molecule has 4 heterocycles. The summed E-state index contributed by atoms with van der Waals surface area (Å²) in [5.74, 6) is 0.423. The zero-order valence-corrected chi connectivity index (χ0v) is 18.6. The number of hydrogen-bond acceptors (Lipinski definition) is 8. The maximum atomic E-state index is 13.4. The number of thiophene rings is 1. The monoisotopic (exact) mass is 458 g/mol. The molecule has 0 unspecified atom stereocenters. The lowest BCUT2D eigenvalue weighted by atomic mass is 10.0. The number of pyridine rings is 1. The van der Waals surface area contributed by atoms with Gasteiger partial charge in [-0.1, -0.05) is 30.3 Å². The van der Waals surface area contributed by atoms with E-state index in [0.29, 0.717) is 45.2 Å². The van der Waals surface area contributed by atoms with E-state index in [2.05, 4.69) is 28.1 Å². The molecule has 0 atom stereocenters. The second-order valence-electron chi connectivity index (χ2n) is 7.92. The number of furan rings is 1. The Morgan fingerprint density at radius 2 is 1.88 bits per heavy atom. The molecule has 1 aliphatic rings. The van der Waals surface area contributed by atoms with Crippen LogP contribution in [0, 0.1) is 11.3 Å². The van der Waals surface area contributed by atoms with Crippen molar-refractivity contribution in [1.82, 2.24) is 14.8 Å². The van der Waals surface area contributed by atoms with E-state index in [1.54, 1.807) is 12.1 Å². The van der Waals surface area contributed by atoms with E-state index < -0.39 is 0 Å². The van der Waals surface area contributed by atoms with Crippen LogP contribution in [0.4, 0.5) is 11.5 Å². The molecule has 4 aromatic rings. The van der Waals surface area contributed by atoms with Crippen LogP contribution in [0.3, 0.4) is 0 Å². The number of carbonyl (C=O) groups is 1. The summed E-state index contributed by atoms with van der Waals surface area (Å²) in [6.45, 7) is 3.66. The van der Waals surface area contributed by atoms with Gasteiger partial charge in [0.1, 0.15) is 32.9 Å². The third kappa shape index (κ3) is 3.80. The Kier molecular flexibility index (Phi) is 5.46. The van der Waals surface area contributed by atoms with Crippen LogP contribution in [0.1, 0.15) is 20.8 Å². The zero-order chi connectivity index (χ0) is 22.9. The number of nitrogen functional groups attached to an aromatic ring is 2. The summed E-state index contributed by atoms with van der Waals surface area (Å²) >= 11 is 1.20. The molecule has 5 rings (SSSR count). The maximum Gasteiger partial charge on any atom is 0.266 e. The van der Waals surface area contributed by atoms with E-state index in [0.717, 1.165) is 19.6 Å². The molecule has 9 heteroatoms. The lowest BCUT2D eigenvalue weighted by molar-refractivity contribution is 0.0634. The molecular formula is C24H22N6O2S. The molecule has 0 bridgehead atoms. The van der Waals surface area contributed by atoms with Gasteiger partial charge in [-0.3, -0.25) is 9.69 Å². The minimum absolute atomic E-state index is 0.0891. The van der Waals surface area contributed by atoms with E-state index in [4.69, 9.17) is 15.9 Å². The van der Waals surface area contributed by atoms with Crippen molar-refractivity contribution >= 4 is 39.0 Å². The van der Waals surface area contributed by atoms with Crippen LogP contribution in [0.25, 0.3) is 21.5 Å². The number of amides is 1. The first kappa shape index (κ1) is 21.0. The molecule has 0 saturated carbocycles. The lowest BCUT2D eigenvalue weighted by Gasteiger charge is -2.34. The molecule has 1 amide bonds. The fourth-order valence-corrected chi connectivity index (χ4v) is 5.28. The van der Waals surface area contributed by atoms with Crippen LogP contribution >= 0.6 is 11.3 Å².